The van der Waals surface area contributed by atoms with Crippen molar-refractivity contribution in [1.82, 2.24) is 19.4 Å². The monoisotopic (exact) mass is 296 g/mol. The van der Waals surface area contributed by atoms with Crippen molar-refractivity contribution in [1.29, 1.82) is 0 Å². The molecule has 0 spiro atoms. The summed E-state index contributed by atoms with van der Waals surface area (Å²) in [5.74, 6) is 1.40. The van der Waals surface area contributed by atoms with E-state index in [1.54, 1.807) is 18.5 Å². The summed E-state index contributed by atoms with van der Waals surface area (Å²) in [6.07, 6.45) is 7.31. The van der Waals surface area contributed by atoms with Crippen LogP contribution in [0.2, 0.25) is 0 Å². The van der Waals surface area contributed by atoms with Gasteiger partial charge in [0.15, 0.2) is 11.5 Å². The van der Waals surface area contributed by atoms with Gasteiger partial charge in [-0.05, 0) is 12.1 Å². The largest absolute Gasteiger partial charge is 0.384 e. The Bertz CT molecular complexity index is 791. The minimum Gasteiger partial charge on any atom is -0.384 e. The predicted octanol–water partition coefficient (Wildman–Crippen LogP) is 1.21. The number of nitrogens with zero attached hydrogens (tertiary/aromatic N) is 5. The average Bonchev–Trinajstić information content (AvgIpc) is 3.00. The first-order chi connectivity index (χ1) is 10.8. The minimum absolute atomic E-state index is 0.508. The van der Waals surface area contributed by atoms with E-state index in [1.165, 1.54) is 0 Å². The first kappa shape index (κ1) is 13.0. The number of hydrogen-bond acceptors (Lipinski definition) is 6. The maximum absolute atomic E-state index is 5.65. The van der Waals surface area contributed by atoms with E-state index in [1.807, 2.05) is 22.9 Å². The van der Waals surface area contributed by atoms with E-state index in [4.69, 9.17) is 10.5 Å². The second-order valence-electron chi connectivity index (χ2n) is 5.16. The van der Waals surface area contributed by atoms with E-state index in [9.17, 15) is 0 Å². The smallest absolute Gasteiger partial charge is 0.180 e. The molecule has 0 saturated carbocycles. The first-order valence-electron chi connectivity index (χ1n) is 7.19. The molecule has 0 unspecified atom stereocenters. The van der Waals surface area contributed by atoms with E-state index in [2.05, 4.69) is 19.9 Å². The second kappa shape index (κ2) is 5.27. The Morgan fingerprint density at radius 2 is 1.91 bits per heavy atom. The summed E-state index contributed by atoms with van der Waals surface area (Å²) in [5, 5.41) is 0. The fraction of sp³-hybridized carbons (Fsp3) is 0.267. The lowest BCUT2D eigenvalue weighted by Crippen LogP contribution is -2.37. The van der Waals surface area contributed by atoms with Gasteiger partial charge in [0.25, 0.3) is 0 Å². The zero-order chi connectivity index (χ0) is 14.9. The molecule has 22 heavy (non-hydrogen) atoms. The number of nitrogens with two attached hydrogens (primary N) is 1. The number of hydrogen-bond donors (Lipinski definition) is 1. The van der Waals surface area contributed by atoms with Gasteiger partial charge in [0.05, 0.1) is 25.1 Å². The molecule has 0 aliphatic carbocycles. The van der Waals surface area contributed by atoms with Crippen molar-refractivity contribution in [2.45, 2.75) is 0 Å². The van der Waals surface area contributed by atoms with Gasteiger partial charge in [-0.2, -0.15) is 0 Å². The van der Waals surface area contributed by atoms with Gasteiger partial charge < -0.3 is 15.4 Å². The van der Waals surface area contributed by atoms with Gasteiger partial charge in [-0.25, -0.2) is 15.0 Å². The fourth-order valence-electron chi connectivity index (χ4n) is 2.67. The van der Waals surface area contributed by atoms with Crippen molar-refractivity contribution < 1.29 is 4.74 Å². The molecule has 1 aliphatic rings. The van der Waals surface area contributed by atoms with Crippen molar-refractivity contribution in [2.75, 3.05) is 36.9 Å². The van der Waals surface area contributed by atoms with Crippen LogP contribution < -0.4 is 10.6 Å². The maximum Gasteiger partial charge on any atom is 0.180 e. The topological polar surface area (TPSA) is 81.6 Å². The summed E-state index contributed by atoms with van der Waals surface area (Å²) in [7, 11) is 0. The number of nitrogen functional groups attached to an aromatic ring is 1. The molecule has 0 aromatic carbocycles. The van der Waals surface area contributed by atoms with Crippen molar-refractivity contribution in [3.05, 3.63) is 36.9 Å². The number of imidazole rings is 1. The molecule has 4 heterocycles. The van der Waals surface area contributed by atoms with Crippen LogP contribution in [0.4, 0.5) is 11.6 Å². The van der Waals surface area contributed by atoms with Gasteiger partial charge in [-0.1, -0.05) is 0 Å². The molecule has 0 amide bonds. The van der Waals surface area contributed by atoms with Crippen molar-refractivity contribution >= 4 is 17.3 Å². The van der Waals surface area contributed by atoms with Gasteiger partial charge in [0.1, 0.15) is 5.82 Å². The van der Waals surface area contributed by atoms with E-state index in [0.717, 1.165) is 49.0 Å². The molecule has 1 saturated heterocycles. The van der Waals surface area contributed by atoms with E-state index in [0.29, 0.717) is 5.82 Å². The van der Waals surface area contributed by atoms with Gasteiger partial charge in [-0.3, -0.25) is 4.40 Å². The Hall–Kier alpha value is -2.67. The predicted molar refractivity (Wildman–Crippen MR) is 83.7 cm³/mol. The molecular formula is C15H16N6O. The van der Waals surface area contributed by atoms with Crippen LogP contribution in [0.5, 0.6) is 0 Å². The number of rotatable bonds is 2. The lowest BCUT2D eigenvalue weighted by Gasteiger charge is -2.27. The molecule has 1 aliphatic heterocycles. The fourth-order valence-corrected chi connectivity index (χ4v) is 2.67. The van der Waals surface area contributed by atoms with Crippen LogP contribution in [-0.4, -0.2) is 45.7 Å². The third-order valence-corrected chi connectivity index (χ3v) is 3.80. The molecule has 3 aromatic heterocycles. The third-order valence-electron chi connectivity index (χ3n) is 3.80. The van der Waals surface area contributed by atoms with Gasteiger partial charge >= 0.3 is 0 Å². The summed E-state index contributed by atoms with van der Waals surface area (Å²) in [4.78, 5) is 15.4. The Balaban J connectivity index is 1.80. The van der Waals surface area contributed by atoms with Crippen LogP contribution in [0.15, 0.2) is 36.9 Å². The molecule has 0 atom stereocenters. The number of pyridine rings is 1. The number of morpholine rings is 1. The normalized spacial score (nSPS) is 15.4. The molecule has 3 aromatic rings. The standard InChI is InChI=1S/C15H16N6O/c16-13-2-1-11(9-18-13)12-10-19-15-14(17-3-4-21(12)15)20-5-7-22-8-6-20/h1-4,9-10H,5-8H2,(H2,16,18). The maximum atomic E-state index is 5.65. The molecule has 112 valence electrons. The molecule has 7 nitrogen and oxygen atoms in total. The highest BCUT2D eigenvalue weighted by Crippen LogP contribution is 2.25. The highest BCUT2D eigenvalue weighted by Gasteiger charge is 2.18. The summed E-state index contributed by atoms with van der Waals surface area (Å²) in [6.45, 7) is 3.10. The van der Waals surface area contributed by atoms with E-state index >= 15 is 0 Å². The summed E-state index contributed by atoms with van der Waals surface area (Å²) in [5.41, 5.74) is 8.44. The molecular weight excluding hydrogens is 280 g/mol. The summed E-state index contributed by atoms with van der Waals surface area (Å²) in [6, 6.07) is 3.74. The second-order valence-corrected chi connectivity index (χ2v) is 5.16. The SMILES string of the molecule is Nc1ccc(-c2cnc3c(N4CCOCC4)nccn23)cn1. The zero-order valence-electron chi connectivity index (χ0n) is 12.0. The molecule has 0 bridgehead atoms. The van der Waals surface area contributed by atoms with Gasteiger partial charge in [-0.15, -0.1) is 0 Å². The van der Waals surface area contributed by atoms with E-state index in [-0.39, 0.29) is 0 Å². The molecule has 7 heteroatoms. The number of anilines is 2. The van der Waals surface area contributed by atoms with Gasteiger partial charge in [0, 0.05) is 37.2 Å². The average molecular weight is 296 g/mol. The van der Waals surface area contributed by atoms with Crippen molar-refractivity contribution in [3.63, 3.8) is 0 Å². The summed E-state index contributed by atoms with van der Waals surface area (Å²) >= 11 is 0. The van der Waals surface area contributed by atoms with Crippen LogP contribution in [-0.2, 0) is 4.74 Å². The van der Waals surface area contributed by atoms with Crippen LogP contribution in [0.3, 0.4) is 0 Å². The van der Waals surface area contributed by atoms with Crippen LogP contribution in [0, 0.1) is 0 Å². The highest BCUT2D eigenvalue weighted by atomic mass is 16.5. The molecule has 0 radical (unpaired) electrons. The lowest BCUT2D eigenvalue weighted by molar-refractivity contribution is 0.122. The Morgan fingerprint density at radius 1 is 1.05 bits per heavy atom. The third kappa shape index (κ3) is 2.15. The van der Waals surface area contributed by atoms with E-state index < -0.39 is 0 Å². The Labute approximate surface area is 127 Å². The van der Waals surface area contributed by atoms with Gasteiger partial charge in [0.2, 0.25) is 0 Å². The van der Waals surface area contributed by atoms with Crippen LogP contribution >= 0.6 is 0 Å². The molecule has 2 N–H and O–H groups in total. The van der Waals surface area contributed by atoms with Crippen molar-refractivity contribution in [2.24, 2.45) is 0 Å². The van der Waals surface area contributed by atoms with Crippen LogP contribution in [0.1, 0.15) is 0 Å². The number of aromatic nitrogens is 4. The number of ether oxygens (including phenoxy) is 1. The zero-order valence-corrected chi connectivity index (χ0v) is 12.0. The number of fused-ring (bicyclic) bond motifs is 1. The summed E-state index contributed by atoms with van der Waals surface area (Å²) < 4.78 is 7.43. The Morgan fingerprint density at radius 3 is 2.68 bits per heavy atom. The first-order valence-corrected chi connectivity index (χ1v) is 7.19. The highest BCUT2D eigenvalue weighted by molar-refractivity contribution is 5.71. The Kier molecular flexibility index (Phi) is 3.12. The minimum atomic E-state index is 0.508. The molecule has 4 rings (SSSR count). The quantitative estimate of drug-likeness (QED) is 0.765. The van der Waals surface area contributed by atoms with Crippen molar-refractivity contribution in [3.8, 4) is 11.3 Å². The lowest BCUT2D eigenvalue weighted by atomic mass is 10.2. The molecule has 1 fully saturated rings. The van der Waals surface area contributed by atoms with Crippen LogP contribution in [0.25, 0.3) is 16.9 Å².